The lowest BCUT2D eigenvalue weighted by Gasteiger charge is -2.16. The molecule has 1 N–H and O–H groups in total. The molecular weight excluding hydrogens is 294 g/mol. The molecule has 2 aromatic carbocycles. The SMILES string of the molecule is CC/C(=N\O)c1ccc(-c2ccc(OC)c(OC)c2OC)cc1. The first-order chi connectivity index (χ1) is 11.2. The van der Waals surface area contributed by atoms with Crippen molar-refractivity contribution < 1.29 is 19.4 Å². The van der Waals surface area contributed by atoms with Crippen molar-refractivity contribution in [3.8, 4) is 28.4 Å². The van der Waals surface area contributed by atoms with Gasteiger partial charge in [0.25, 0.3) is 0 Å². The van der Waals surface area contributed by atoms with Crippen LogP contribution >= 0.6 is 0 Å². The maximum Gasteiger partial charge on any atom is 0.203 e. The van der Waals surface area contributed by atoms with Gasteiger partial charge in [-0.05, 0) is 29.7 Å². The monoisotopic (exact) mass is 315 g/mol. The van der Waals surface area contributed by atoms with Gasteiger partial charge in [-0.15, -0.1) is 0 Å². The molecule has 5 nitrogen and oxygen atoms in total. The molecular formula is C18H21NO4. The second kappa shape index (κ2) is 7.54. The minimum atomic E-state index is 0.558. The van der Waals surface area contributed by atoms with Gasteiger partial charge in [-0.1, -0.05) is 36.3 Å². The third kappa shape index (κ3) is 3.23. The maximum absolute atomic E-state index is 9.01. The molecule has 0 saturated carbocycles. The van der Waals surface area contributed by atoms with E-state index in [4.69, 9.17) is 19.4 Å². The fraction of sp³-hybridized carbons (Fsp3) is 0.278. The largest absolute Gasteiger partial charge is 0.493 e. The number of methoxy groups -OCH3 is 3. The molecule has 0 aliphatic heterocycles. The van der Waals surface area contributed by atoms with Crippen molar-refractivity contribution in [1.29, 1.82) is 0 Å². The molecule has 0 aliphatic carbocycles. The minimum Gasteiger partial charge on any atom is -0.493 e. The molecule has 23 heavy (non-hydrogen) atoms. The standard InChI is InChI=1S/C18H21NO4/c1-5-15(19-20)13-8-6-12(7-9-13)14-10-11-16(21-2)18(23-4)17(14)22-3/h6-11,20H,5H2,1-4H3/b19-15+. The number of rotatable bonds is 6. The Kier molecular flexibility index (Phi) is 5.46. The van der Waals surface area contributed by atoms with Crippen LogP contribution in [0.4, 0.5) is 0 Å². The Hall–Kier alpha value is -2.69. The summed E-state index contributed by atoms with van der Waals surface area (Å²) in [6.07, 6.45) is 0.662. The number of oxime groups is 1. The summed E-state index contributed by atoms with van der Waals surface area (Å²) in [5.41, 5.74) is 3.41. The number of hydrogen-bond acceptors (Lipinski definition) is 5. The van der Waals surface area contributed by atoms with Crippen molar-refractivity contribution in [3.05, 3.63) is 42.0 Å². The summed E-state index contributed by atoms with van der Waals surface area (Å²) in [7, 11) is 4.77. The van der Waals surface area contributed by atoms with Crippen LogP contribution in [0.3, 0.4) is 0 Å². The molecule has 0 bridgehead atoms. The van der Waals surface area contributed by atoms with Gasteiger partial charge < -0.3 is 19.4 Å². The van der Waals surface area contributed by atoms with E-state index < -0.39 is 0 Å². The lowest BCUT2D eigenvalue weighted by Crippen LogP contribution is -1.99. The zero-order chi connectivity index (χ0) is 16.8. The normalized spacial score (nSPS) is 11.2. The van der Waals surface area contributed by atoms with E-state index in [0.717, 1.165) is 16.7 Å². The van der Waals surface area contributed by atoms with Crippen molar-refractivity contribution in [2.75, 3.05) is 21.3 Å². The number of hydrogen-bond donors (Lipinski definition) is 1. The van der Waals surface area contributed by atoms with Gasteiger partial charge in [0.1, 0.15) is 0 Å². The summed E-state index contributed by atoms with van der Waals surface area (Å²) in [4.78, 5) is 0. The van der Waals surface area contributed by atoms with E-state index in [1.54, 1.807) is 21.3 Å². The Morgan fingerprint density at radius 2 is 1.57 bits per heavy atom. The Balaban J connectivity index is 2.50. The average Bonchev–Trinajstić information content (AvgIpc) is 2.61. The topological polar surface area (TPSA) is 60.3 Å². The summed E-state index contributed by atoms with van der Waals surface area (Å²) in [6.45, 7) is 1.94. The third-order valence-electron chi connectivity index (χ3n) is 3.69. The molecule has 2 aromatic rings. The molecule has 0 unspecified atom stereocenters. The molecule has 2 rings (SSSR count). The number of nitrogens with zero attached hydrogens (tertiary/aromatic N) is 1. The first-order valence-electron chi connectivity index (χ1n) is 7.30. The smallest absolute Gasteiger partial charge is 0.203 e. The van der Waals surface area contributed by atoms with Gasteiger partial charge in [0.2, 0.25) is 5.75 Å². The van der Waals surface area contributed by atoms with Crippen LogP contribution in [0.1, 0.15) is 18.9 Å². The Labute approximate surface area is 136 Å². The van der Waals surface area contributed by atoms with Crippen LogP contribution in [0.2, 0.25) is 0 Å². The van der Waals surface area contributed by atoms with Gasteiger partial charge >= 0.3 is 0 Å². The fourth-order valence-corrected chi connectivity index (χ4v) is 2.50. The van der Waals surface area contributed by atoms with Crippen LogP contribution in [0.15, 0.2) is 41.6 Å². The average molecular weight is 315 g/mol. The maximum atomic E-state index is 9.01. The summed E-state index contributed by atoms with van der Waals surface area (Å²) in [6, 6.07) is 11.5. The van der Waals surface area contributed by atoms with Crippen molar-refractivity contribution in [2.45, 2.75) is 13.3 Å². The molecule has 0 saturated heterocycles. The molecule has 5 heteroatoms. The quantitative estimate of drug-likeness (QED) is 0.498. The van der Waals surface area contributed by atoms with Crippen molar-refractivity contribution in [1.82, 2.24) is 0 Å². The van der Waals surface area contributed by atoms with E-state index in [1.165, 1.54) is 0 Å². The van der Waals surface area contributed by atoms with Crippen LogP contribution in [0.25, 0.3) is 11.1 Å². The van der Waals surface area contributed by atoms with Gasteiger partial charge in [-0.25, -0.2) is 0 Å². The molecule has 0 atom stereocenters. The van der Waals surface area contributed by atoms with Crippen LogP contribution in [-0.2, 0) is 0 Å². The van der Waals surface area contributed by atoms with E-state index in [1.807, 2.05) is 43.3 Å². The highest BCUT2D eigenvalue weighted by Gasteiger charge is 2.17. The second-order valence-electron chi connectivity index (χ2n) is 4.86. The molecule has 0 radical (unpaired) electrons. The van der Waals surface area contributed by atoms with Gasteiger partial charge in [0, 0.05) is 5.56 Å². The Morgan fingerprint density at radius 1 is 0.913 bits per heavy atom. The Bertz CT molecular complexity index is 693. The first kappa shape index (κ1) is 16.7. The van der Waals surface area contributed by atoms with Gasteiger partial charge in [0.15, 0.2) is 11.5 Å². The van der Waals surface area contributed by atoms with E-state index in [9.17, 15) is 0 Å². The molecule has 0 heterocycles. The highest BCUT2D eigenvalue weighted by molar-refractivity contribution is 6.00. The fourth-order valence-electron chi connectivity index (χ4n) is 2.50. The molecule has 0 fully saturated rings. The van der Waals surface area contributed by atoms with Gasteiger partial charge in [-0.2, -0.15) is 0 Å². The van der Waals surface area contributed by atoms with Crippen molar-refractivity contribution in [3.63, 3.8) is 0 Å². The van der Waals surface area contributed by atoms with Crippen LogP contribution in [0.5, 0.6) is 17.2 Å². The lowest BCUT2D eigenvalue weighted by atomic mass is 10.00. The van der Waals surface area contributed by atoms with Crippen LogP contribution < -0.4 is 14.2 Å². The second-order valence-corrected chi connectivity index (χ2v) is 4.86. The van der Waals surface area contributed by atoms with Gasteiger partial charge in [0.05, 0.1) is 27.0 Å². The summed E-state index contributed by atoms with van der Waals surface area (Å²) in [5, 5.41) is 12.3. The minimum absolute atomic E-state index is 0.558. The zero-order valence-corrected chi connectivity index (χ0v) is 13.8. The first-order valence-corrected chi connectivity index (χ1v) is 7.30. The van der Waals surface area contributed by atoms with E-state index in [-0.39, 0.29) is 0 Å². The Morgan fingerprint density at radius 3 is 2.04 bits per heavy atom. The van der Waals surface area contributed by atoms with Crippen LogP contribution in [0, 0.1) is 0 Å². The van der Waals surface area contributed by atoms with Gasteiger partial charge in [-0.3, -0.25) is 0 Å². The summed E-state index contributed by atoms with van der Waals surface area (Å²) in [5.74, 6) is 1.79. The molecule has 0 spiro atoms. The molecule has 0 aliphatic rings. The van der Waals surface area contributed by atoms with Crippen LogP contribution in [-0.4, -0.2) is 32.2 Å². The van der Waals surface area contributed by atoms with E-state index >= 15 is 0 Å². The highest BCUT2D eigenvalue weighted by Crippen LogP contribution is 2.44. The molecule has 0 amide bonds. The van der Waals surface area contributed by atoms with E-state index in [2.05, 4.69) is 5.16 Å². The predicted molar refractivity (Wildman–Crippen MR) is 90.1 cm³/mol. The highest BCUT2D eigenvalue weighted by atomic mass is 16.5. The molecule has 0 aromatic heterocycles. The van der Waals surface area contributed by atoms with Crippen molar-refractivity contribution >= 4 is 5.71 Å². The summed E-state index contributed by atoms with van der Waals surface area (Å²) < 4.78 is 16.2. The number of benzene rings is 2. The molecule has 122 valence electrons. The summed E-state index contributed by atoms with van der Waals surface area (Å²) >= 11 is 0. The van der Waals surface area contributed by atoms with E-state index in [0.29, 0.717) is 29.4 Å². The van der Waals surface area contributed by atoms with Crippen molar-refractivity contribution in [2.24, 2.45) is 5.16 Å². The number of ether oxygens (including phenoxy) is 3. The zero-order valence-electron chi connectivity index (χ0n) is 13.8. The third-order valence-corrected chi connectivity index (χ3v) is 3.69. The predicted octanol–water partition coefficient (Wildman–Crippen LogP) is 3.97. The lowest BCUT2D eigenvalue weighted by molar-refractivity contribution is 0.318.